The molecule has 6 aromatic carbocycles. The zero-order chi connectivity index (χ0) is 54.6. The highest BCUT2D eigenvalue weighted by Crippen LogP contribution is 2.46. The average molecular weight is 854 g/mol. The number of phenols is 1. The van der Waals surface area contributed by atoms with Gasteiger partial charge in [-0.2, -0.15) is 0 Å². The number of rotatable bonds is 6. The Morgan fingerprint density at radius 3 is 1.81 bits per heavy atom. The molecule has 0 fully saturated rings. The lowest BCUT2D eigenvalue weighted by Gasteiger charge is -2.27. The molecular weight excluding hydrogens is 779 g/mol. The van der Waals surface area contributed by atoms with Crippen molar-refractivity contribution in [1.29, 1.82) is 0 Å². The van der Waals surface area contributed by atoms with Gasteiger partial charge in [0.2, 0.25) is 0 Å². The van der Waals surface area contributed by atoms with Crippen molar-refractivity contribution in [1.82, 2.24) is 14.5 Å². The van der Waals surface area contributed by atoms with E-state index >= 15 is 0 Å². The summed E-state index contributed by atoms with van der Waals surface area (Å²) in [4.78, 5) is 10.3. The summed E-state index contributed by atoms with van der Waals surface area (Å²) >= 11 is 0. The number of hydrogen-bond donors (Lipinski definition) is 1. The van der Waals surface area contributed by atoms with Gasteiger partial charge in [-0.15, -0.1) is 0 Å². The van der Waals surface area contributed by atoms with Crippen molar-refractivity contribution >= 4 is 11.0 Å². The number of para-hydroxylation sites is 1. The van der Waals surface area contributed by atoms with Crippen LogP contribution in [0.5, 0.6) is 5.75 Å². The Kier molecular flexibility index (Phi) is 8.36. The molecule has 0 aliphatic heterocycles. The Balaban J connectivity index is 1.45. The molecule has 1 N–H and O–H groups in total. The van der Waals surface area contributed by atoms with E-state index in [4.69, 9.17) is 23.7 Å². The van der Waals surface area contributed by atoms with Crippen LogP contribution < -0.4 is 0 Å². The van der Waals surface area contributed by atoms with Gasteiger partial charge in [0.05, 0.1) is 33.5 Å². The molecule has 326 valence electrons. The van der Waals surface area contributed by atoms with E-state index in [0.717, 1.165) is 38.9 Å². The number of imidazole rings is 1. The van der Waals surface area contributed by atoms with Crippen LogP contribution >= 0.6 is 0 Å². The number of nitrogens with zero attached hydrogens (tertiary/aromatic N) is 3. The number of fused-ring (bicyclic) bond motifs is 1. The minimum absolute atomic E-state index is 0.0310. The normalized spacial score (nSPS) is 15.2. The van der Waals surface area contributed by atoms with Crippen LogP contribution in [0.3, 0.4) is 0 Å². The summed E-state index contributed by atoms with van der Waals surface area (Å²) in [5, 5.41) is 12.6. The van der Waals surface area contributed by atoms with E-state index in [1.807, 2.05) is 59.2 Å². The summed E-state index contributed by atoms with van der Waals surface area (Å²) in [6.07, 6.45) is 1.54. The van der Waals surface area contributed by atoms with E-state index in [1.54, 1.807) is 30.5 Å². The van der Waals surface area contributed by atoms with Crippen molar-refractivity contribution in [2.24, 2.45) is 0 Å². The molecule has 0 bridgehead atoms. The molecule has 0 saturated heterocycles. The second kappa shape index (κ2) is 16.1. The number of phenolic OH excluding ortho intramolecular Hbond substituents is 1. The first-order valence-corrected chi connectivity index (χ1v) is 22.0. The third-order valence-corrected chi connectivity index (χ3v) is 12.1. The fourth-order valence-corrected chi connectivity index (χ4v) is 8.24. The summed E-state index contributed by atoms with van der Waals surface area (Å²) in [5.41, 5.74) is 9.18. The molecule has 0 unspecified atom stereocenters. The molecule has 0 radical (unpaired) electrons. The Morgan fingerprint density at radius 1 is 0.516 bits per heavy atom. The van der Waals surface area contributed by atoms with Crippen molar-refractivity contribution < 1.29 is 18.8 Å². The first-order chi connectivity index (χ1) is 34.1. The van der Waals surface area contributed by atoms with Crippen LogP contribution in [-0.2, 0) is 21.7 Å². The number of pyridine rings is 1. The smallest absolute Gasteiger partial charge is 0.149 e. The van der Waals surface area contributed by atoms with Gasteiger partial charge in [-0.3, -0.25) is 9.55 Å². The molecular formula is C60H65N3O. The van der Waals surface area contributed by atoms with Gasteiger partial charge in [-0.05, 0) is 123 Å². The second-order valence-corrected chi connectivity index (χ2v) is 21.2. The number of aromatic hydroxyl groups is 1. The van der Waals surface area contributed by atoms with Gasteiger partial charge in [0, 0.05) is 36.7 Å². The van der Waals surface area contributed by atoms with Gasteiger partial charge in [-0.1, -0.05) is 173 Å². The van der Waals surface area contributed by atoms with E-state index in [0.29, 0.717) is 50.5 Å². The molecule has 0 aliphatic rings. The van der Waals surface area contributed by atoms with Crippen molar-refractivity contribution in [3.05, 3.63) is 167 Å². The zero-order valence-electron chi connectivity index (χ0n) is 49.2. The molecule has 8 rings (SSSR count). The van der Waals surface area contributed by atoms with Gasteiger partial charge in [-0.25, -0.2) is 4.98 Å². The van der Waals surface area contributed by atoms with Crippen molar-refractivity contribution in [2.45, 2.75) is 118 Å². The van der Waals surface area contributed by atoms with Crippen LogP contribution in [0.25, 0.3) is 72.7 Å². The maximum Gasteiger partial charge on any atom is 0.149 e. The highest BCUT2D eigenvalue weighted by molar-refractivity contribution is 5.98. The van der Waals surface area contributed by atoms with Gasteiger partial charge in [0.15, 0.2) is 0 Å². The van der Waals surface area contributed by atoms with Crippen molar-refractivity contribution in [2.75, 3.05) is 0 Å². The lowest BCUT2D eigenvalue weighted by molar-refractivity contribution is 0.446. The minimum Gasteiger partial charge on any atom is -0.507 e. The minimum atomic E-state index is -2.85. The SMILES string of the molecule is [2H]c1c([2H])c(C([2H])([2H])[2H])c([2H])c([2H])c1-c1ccnc(-c2cc(-c3cccc4c3nc(-c3cc(C(C)(C)C)cc(C(C)(C)C)c3O)n4-c3ccc(C([2H])([2H])[2H])cc3-c3ccc(C(C)(C)C)cc3)cc(C(C)(C)C)c2)c1. The van der Waals surface area contributed by atoms with E-state index in [-0.39, 0.29) is 33.1 Å². The van der Waals surface area contributed by atoms with Crippen LogP contribution in [0.4, 0.5) is 0 Å². The van der Waals surface area contributed by atoms with Crippen molar-refractivity contribution in [3.8, 4) is 67.5 Å². The first-order valence-electron chi connectivity index (χ1n) is 27.0. The standard InChI is InChI=1S/C60H65N3O/c1-37-18-21-39(22-19-37)41-28-29-61-51(34-41)43-31-42(32-45(33-43)58(6,7)8)47-16-15-17-53-54(47)62-56(49-35-46(59(9,10)11)36-50(55(49)64)60(12,13)14)63(53)52-27-20-38(2)30-48(52)40-23-25-44(26-24-40)57(3,4)5/h15-36,64H,1-14H3/i1D3,2D3,18D,19D,21D,22D. The van der Waals surface area contributed by atoms with Gasteiger partial charge in [0.25, 0.3) is 0 Å². The Labute approximate surface area is 396 Å². The maximum atomic E-state index is 12.6. The zero-order valence-corrected chi connectivity index (χ0v) is 39.2. The fraction of sp³-hybridized carbons (Fsp3) is 0.300. The number of hydrogen-bond acceptors (Lipinski definition) is 3. The van der Waals surface area contributed by atoms with Crippen LogP contribution in [0.1, 0.15) is 130 Å². The lowest BCUT2D eigenvalue weighted by Crippen LogP contribution is -2.17. The number of aromatic nitrogens is 3. The predicted molar refractivity (Wildman–Crippen MR) is 272 cm³/mol. The lowest BCUT2D eigenvalue weighted by atomic mass is 9.79. The highest BCUT2D eigenvalue weighted by Gasteiger charge is 2.30. The second-order valence-electron chi connectivity index (χ2n) is 21.2. The van der Waals surface area contributed by atoms with E-state index in [1.165, 1.54) is 0 Å². The fourth-order valence-electron chi connectivity index (χ4n) is 8.24. The number of aryl methyl sites for hydroxylation is 1. The van der Waals surface area contributed by atoms with Gasteiger partial charge >= 0.3 is 0 Å². The molecule has 4 nitrogen and oxygen atoms in total. The van der Waals surface area contributed by atoms with Crippen LogP contribution in [0, 0.1) is 13.7 Å². The Hall–Kier alpha value is -6.26. The monoisotopic (exact) mass is 854 g/mol. The molecule has 2 aromatic heterocycles. The summed E-state index contributed by atoms with van der Waals surface area (Å²) < 4.78 is 86.3. The number of benzene rings is 6. The molecule has 8 aromatic rings. The summed E-state index contributed by atoms with van der Waals surface area (Å²) in [6, 6.07) is 30.8. The van der Waals surface area contributed by atoms with E-state index < -0.39 is 48.9 Å². The Bertz CT molecular complexity index is 3470. The molecule has 0 saturated carbocycles. The molecule has 0 amide bonds. The molecule has 0 spiro atoms. The summed E-state index contributed by atoms with van der Waals surface area (Å²) in [7, 11) is 0. The largest absolute Gasteiger partial charge is 0.507 e. The molecule has 0 aliphatic carbocycles. The van der Waals surface area contributed by atoms with Gasteiger partial charge < -0.3 is 5.11 Å². The van der Waals surface area contributed by atoms with Gasteiger partial charge in [0.1, 0.15) is 11.6 Å². The molecule has 64 heavy (non-hydrogen) atoms. The van der Waals surface area contributed by atoms with E-state index in [2.05, 4.69) is 107 Å². The van der Waals surface area contributed by atoms with Crippen LogP contribution in [-0.4, -0.2) is 19.6 Å². The molecule has 2 heterocycles. The molecule has 4 heteroatoms. The highest BCUT2D eigenvalue weighted by atomic mass is 16.3. The summed E-state index contributed by atoms with van der Waals surface area (Å²) in [6.45, 7) is 20.2. The topological polar surface area (TPSA) is 50.9 Å². The maximum absolute atomic E-state index is 12.6. The Morgan fingerprint density at radius 2 is 1.17 bits per heavy atom. The first kappa shape index (κ1) is 33.3. The summed E-state index contributed by atoms with van der Waals surface area (Å²) in [5.74, 6) is 0.554. The molecule has 0 atom stereocenters. The van der Waals surface area contributed by atoms with E-state index in [9.17, 15) is 5.11 Å². The van der Waals surface area contributed by atoms with Crippen LogP contribution in [0.15, 0.2) is 133 Å². The predicted octanol–water partition coefficient (Wildman–Crippen LogP) is 16.3. The average Bonchev–Trinajstić information content (AvgIpc) is 3.68. The third-order valence-electron chi connectivity index (χ3n) is 12.1. The quantitative estimate of drug-likeness (QED) is 0.181. The van der Waals surface area contributed by atoms with Crippen molar-refractivity contribution in [3.63, 3.8) is 0 Å². The third kappa shape index (κ3) is 8.68. The van der Waals surface area contributed by atoms with Crippen LogP contribution in [0.2, 0.25) is 0 Å².